The first kappa shape index (κ1) is 11.0. The van der Waals surface area contributed by atoms with Crippen molar-refractivity contribution in [2.45, 2.75) is 0 Å². The van der Waals surface area contributed by atoms with E-state index in [1.807, 2.05) is 0 Å². The van der Waals surface area contributed by atoms with Crippen LogP contribution in [0.2, 0.25) is 0 Å². The van der Waals surface area contributed by atoms with Crippen molar-refractivity contribution in [1.29, 1.82) is 0 Å². The van der Waals surface area contributed by atoms with Gasteiger partial charge < -0.3 is 0 Å². The fourth-order valence-electron chi connectivity index (χ4n) is 1.65. The van der Waals surface area contributed by atoms with Crippen LogP contribution in [0.4, 0.5) is 0 Å². The second-order valence-electron chi connectivity index (χ2n) is 3.51. The Kier molecular flexibility index (Phi) is 3.49. The van der Waals surface area contributed by atoms with Gasteiger partial charge in [0.05, 0.1) is 13.2 Å². The van der Waals surface area contributed by atoms with E-state index in [1.165, 1.54) is 10.6 Å². The lowest BCUT2D eigenvalue weighted by Crippen LogP contribution is -2.08. The number of benzene rings is 1. The Labute approximate surface area is 96.4 Å². The molecular weight excluding hydrogens is 246 g/mol. The van der Waals surface area contributed by atoms with Gasteiger partial charge in [0.2, 0.25) is 0 Å². The lowest BCUT2D eigenvalue weighted by atomic mass is 10.4. The first-order valence-corrected chi connectivity index (χ1v) is 8.07. The molecule has 0 radical (unpaired) electrons. The van der Waals surface area contributed by atoms with Crippen LogP contribution >= 0.6 is 16.3 Å². The summed E-state index contributed by atoms with van der Waals surface area (Å²) in [5.74, 6) is 0. The summed E-state index contributed by atoms with van der Waals surface area (Å²) in [6.07, 6.45) is 1.98. The molecule has 2 atom stereocenters. The summed E-state index contributed by atoms with van der Waals surface area (Å²) >= 11 is 0. The number of hydrogen-bond donors (Lipinski definition) is 0. The van der Waals surface area contributed by atoms with E-state index < -0.39 is 16.3 Å². The van der Waals surface area contributed by atoms with E-state index >= 15 is 0 Å². The van der Waals surface area contributed by atoms with E-state index in [1.54, 1.807) is 0 Å². The predicted molar refractivity (Wildman–Crippen MR) is 63.4 cm³/mol. The molecule has 2 fully saturated rings. The van der Waals surface area contributed by atoms with Crippen LogP contribution in [0.15, 0.2) is 24.3 Å². The normalized spacial score (nSPS) is 29.8. The molecule has 2 unspecified atom stereocenters. The summed E-state index contributed by atoms with van der Waals surface area (Å²) in [6, 6.07) is 8.44. The van der Waals surface area contributed by atoms with Crippen molar-refractivity contribution >= 4 is 26.9 Å². The quantitative estimate of drug-likeness (QED) is 0.597. The Morgan fingerprint density at radius 2 is 1.19 bits per heavy atom. The van der Waals surface area contributed by atoms with Gasteiger partial charge in [-0.05, 0) is 0 Å². The van der Waals surface area contributed by atoms with E-state index in [2.05, 4.69) is 24.3 Å². The predicted octanol–water partition coefficient (Wildman–Crippen LogP) is 1.65. The zero-order valence-corrected chi connectivity index (χ0v) is 10.5. The van der Waals surface area contributed by atoms with E-state index in [0.29, 0.717) is 13.2 Å². The summed E-state index contributed by atoms with van der Waals surface area (Å²) in [5, 5.41) is 2.46. The van der Waals surface area contributed by atoms with E-state index in [9.17, 15) is 0 Å². The fraction of sp³-hybridized carbons (Fsp3) is 0.400. The van der Waals surface area contributed by atoms with Crippen LogP contribution < -0.4 is 10.6 Å². The molecule has 2 heterocycles. The topological polar surface area (TPSA) is 36.9 Å². The fourth-order valence-corrected chi connectivity index (χ4v) is 4.33. The molecule has 0 bridgehead atoms. The summed E-state index contributed by atoms with van der Waals surface area (Å²) in [7, 11) is -1.10. The van der Waals surface area contributed by atoms with Gasteiger partial charge in [-0.25, -0.2) is 19.1 Å². The highest BCUT2D eigenvalue weighted by atomic mass is 31.1. The molecule has 0 N–H and O–H groups in total. The molecule has 2 aliphatic rings. The van der Waals surface area contributed by atoms with E-state index in [4.69, 9.17) is 19.1 Å². The van der Waals surface area contributed by atoms with Gasteiger partial charge in [-0.3, -0.25) is 0 Å². The van der Waals surface area contributed by atoms with Crippen molar-refractivity contribution in [3.63, 3.8) is 0 Å². The molecule has 16 heavy (non-hydrogen) atoms. The molecule has 0 amide bonds. The molecule has 1 aromatic carbocycles. The molecular formula is C10H12O4P2. The first-order chi connectivity index (χ1) is 7.93. The molecule has 3 rings (SSSR count). The molecule has 0 spiro atoms. The van der Waals surface area contributed by atoms with Crippen LogP contribution in [-0.2, 0) is 19.1 Å². The van der Waals surface area contributed by atoms with Crippen LogP contribution in [0.3, 0.4) is 0 Å². The second-order valence-corrected chi connectivity index (χ2v) is 7.25. The molecule has 1 aromatic rings. The zero-order chi connectivity index (χ0) is 10.8. The van der Waals surface area contributed by atoms with Crippen molar-refractivity contribution in [1.82, 2.24) is 0 Å². The van der Waals surface area contributed by atoms with Gasteiger partial charge in [-0.1, -0.05) is 24.3 Å². The van der Waals surface area contributed by atoms with Gasteiger partial charge in [0.1, 0.15) is 16.3 Å². The average Bonchev–Trinajstić information content (AvgIpc) is 3.03. The minimum absolute atomic E-state index is 0.552. The smallest absolute Gasteiger partial charge is 0.104 e. The van der Waals surface area contributed by atoms with Crippen LogP contribution in [-0.4, -0.2) is 25.5 Å². The Bertz CT molecular complexity index is 309. The molecule has 4 nitrogen and oxygen atoms in total. The van der Waals surface area contributed by atoms with Gasteiger partial charge in [-0.2, -0.15) is 0 Å². The third-order valence-corrected chi connectivity index (χ3v) is 5.96. The number of hydrogen-bond acceptors (Lipinski definition) is 4. The monoisotopic (exact) mass is 258 g/mol. The zero-order valence-electron chi connectivity index (χ0n) is 8.67. The Morgan fingerprint density at radius 1 is 0.750 bits per heavy atom. The Balaban J connectivity index is 1.73. The van der Waals surface area contributed by atoms with Gasteiger partial charge >= 0.3 is 0 Å². The first-order valence-electron chi connectivity index (χ1n) is 5.18. The highest BCUT2D eigenvalue weighted by Crippen LogP contribution is 2.42. The highest BCUT2D eigenvalue weighted by Gasteiger charge is 2.22. The Hall–Kier alpha value is -0.0800. The van der Waals surface area contributed by atoms with Crippen LogP contribution in [0.1, 0.15) is 0 Å². The summed E-state index contributed by atoms with van der Waals surface area (Å²) in [4.78, 5) is 9.86. The van der Waals surface area contributed by atoms with Crippen molar-refractivity contribution in [3.05, 3.63) is 24.3 Å². The minimum Gasteiger partial charge on any atom is -0.233 e. The van der Waals surface area contributed by atoms with Crippen molar-refractivity contribution in [2.24, 2.45) is 0 Å². The van der Waals surface area contributed by atoms with Crippen molar-refractivity contribution < 1.29 is 19.1 Å². The lowest BCUT2D eigenvalue weighted by Gasteiger charge is -2.10. The third kappa shape index (κ3) is 2.28. The summed E-state index contributed by atoms with van der Waals surface area (Å²) < 4.78 is 10.4. The van der Waals surface area contributed by atoms with Gasteiger partial charge in [0, 0.05) is 22.9 Å². The van der Waals surface area contributed by atoms with Crippen LogP contribution in [0, 0.1) is 0 Å². The molecule has 0 aliphatic carbocycles. The van der Waals surface area contributed by atoms with Gasteiger partial charge in [0.25, 0.3) is 0 Å². The maximum atomic E-state index is 5.22. The molecule has 0 aromatic heterocycles. The van der Waals surface area contributed by atoms with Crippen molar-refractivity contribution in [2.75, 3.05) is 25.5 Å². The standard InChI is InChI=1S/C10H12O4P2/c1-2-10(16-8-6-12-14-16)4-3-9(1)15-7-5-11-13-15/h1-4H,5-8H2. The summed E-state index contributed by atoms with van der Waals surface area (Å²) in [6.45, 7) is 1.41. The van der Waals surface area contributed by atoms with E-state index in [0.717, 1.165) is 12.3 Å². The largest absolute Gasteiger partial charge is 0.233 e. The molecule has 0 saturated carbocycles. The van der Waals surface area contributed by atoms with Crippen molar-refractivity contribution in [3.8, 4) is 0 Å². The van der Waals surface area contributed by atoms with Crippen LogP contribution in [0.25, 0.3) is 0 Å². The van der Waals surface area contributed by atoms with Gasteiger partial charge in [-0.15, -0.1) is 0 Å². The second kappa shape index (κ2) is 5.05. The maximum Gasteiger partial charge on any atom is 0.104 e. The number of rotatable bonds is 2. The Morgan fingerprint density at radius 3 is 1.50 bits per heavy atom. The molecule has 86 valence electrons. The van der Waals surface area contributed by atoms with Crippen LogP contribution in [0.5, 0.6) is 0 Å². The highest BCUT2D eigenvalue weighted by molar-refractivity contribution is 7.61. The lowest BCUT2D eigenvalue weighted by molar-refractivity contribution is -0.173. The maximum absolute atomic E-state index is 5.22. The average molecular weight is 258 g/mol. The summed E-state index contributed by atoms with van der Waals surface area (Å²) in [5.41, 5.74) is 0. The molecule has 2 saturated heterocycles. The molecule has 6 heteroatoms. The third-order valence-electron chi connectivity index (χ3n) is 2.47. The van der Waals surface area contributed by atoms with Gasteiger partial charge in [0.15, 0.2) is 0 Å². The minimum atomic E-state index is -0.552. The molecule has 2 aliphatic heterocycles. The van der Waals surface area contributed by atoms with E-state index in [-0.39, 0.29) is 0 Å². The SMILES string of the molecule is c1cc(P2CCOO2)ccc1P1CCOO1.